The quantitative estimate of drug-likeness (QED) is 0.158. The van der Waals surface area contributed by atoms with Crippen molar-refractivity contribution in [2.45, 2.75) is 0 Å². The van der Waals surface area contributed by atoms with E-state index in [1.807, 2.05) is 11.3 Å². The molecule has 0 saturated carbocycles. The molecule has 9 aromatic carbocycles. The van der Waals surface area contributed by atoms with Crippen molar-refractivity contribution in [3.05, 3.63) is 218 Å². The summed E-state index contributed by atoms with van der Waals surface area (Å²) in [5.74, 6) is 0. The molecule has 3 heteroatoms. The van der Waals surface area contributed by atoms with Crippen molar-refractivity contribution in [3.63, 3.8) is 0 Å². The lowest BCUT2D eigenvalue weighted by atomic mass is 10.0. The molecule has 0 unspecified atom stereocenters. The number of rotatable bonds is 7. The van der Waals surface area contributed by atoms with Crippen LogP contribution in [-0.4, -0.2) is 4.57 Å². The van der Waals surface area contributed by atoms with E-state index in [0.717, 1.165) is 28.3 Å². The summed E-state index contributed by atoms with van der Waals surface area (Å²) in [5, 5.41) is 5.08. The predicted molar refractivity (Wildman–Crippen MR) is 245 cm³/mol. The molecule has 0 aliphatic rings. The van der Waals surface area contributed by atoms with E-state index in [4.69, 9.17) is 0 Å². The number of benzene rings is 9. The standard InChI is InChI=1S/C54H36N2S/c1-3-14-37(15-4-1)38-26-30-41(31-27-38)55(43-34-35-53-49(36-43)47-20-9-12-25-52(47)57-53)42-32-28-40(29-33-42)44-18-7-10-23-50(44)56-51-24-11-8-19-46(51)48-22-13-21-45(54(48)56)39-16-5-2-6-17-39/h1-36H. The fourth-order valence-electron chi connectivity index (χ4n) is 8.56. The Balaban J connectivity index is 1.06. The normalized spacial score (nSPS) is 11.5. The maximum Gasteiger partial charge on any atom is 0.0619 e. The first-order chi connectivity index (χ1) is 28.3. The van der Waals surface area contributed by atoms with Crippen LogP contribution in [0.1, 0.15) is 0 Å². The summed E-state index contributed by atoms with van der Waals surface area (Å²) >= 11 is 1.85. The van der Waals surface area contributed by atoms with Gasteiger partial charge in [-0.05, 0) is 82.9 Å². The van der Waals surface area contributed by atoms with Gasteiger partial charge in [0.25, 0.3) is 0 Å². The molecule has 0 aliphatic heterocycles. The van der Waals surface area contributed by atoms with Crippen LogP contribution in [-0.2, 0) is 0 Å². The second kappa shape index (κ2) is 13.8. The smallest absolute Gasteiger partial charge is 0.0619 e. The third-order valence-corrected chi connectivity index (χ3v) is 12.4. The Bertz CT molecular complexity index is 3210. The first-order valence-corrected chi connectivity index (χ1v) is 20.2. The van der Waals surface area contributed by atoms with E-state index < -0.39 is 0 Å². The highest BCUT2D eigenvalue weighted by atomic mass is 32.1. The lowest BCUT2D eigenvalue weighted by Crippen LogP contribution is -2.09. The van der Waals surface area contributed by atoms with Crippen LogP contribution < -0.4 is 4.90 Å². The molecule has 0 N–H and O–H groups in total. The molecule has 0 spiro atoms. The maximum absolute atomic E-state index is 2.47. The third kappa shape index (κ3) is 5.71. The van der Waals surface area contributed by atoms with Crippen LogP contribution in [0.4, 0.5) is 17.1 Å². The molecular formula is C54H36N2S. The number of para-hydroxylation sites is 3. The molecule has 268 valence electrons. The van der Waals surface area contributed by atoms with Gasteiger partial charge in [0.2, 0.25) is 0 Å². The molecular weight excluding hydrogens is 709 g/mol. The van der Waals surface area contributed by atoms with Crippen LogP contribution in [0.25, 0.3) is 81.0 Å². The van der Waals surface area contributed by atoms with Crippen molar-refractivity contribution in [1.82, 2.24) is 4.57 Å². The average Bonchev–Trinajstić information content (AvgIpc) is 3.83. The maximum atomic E-state index is 2.47. The molecule has 2 heterocycles. The van der Waals surface area contributed by atoms with Gasteiger partial charge in [0.15, 0.2) is 0 Å². The van der Waals surface area contributed by atoms with E-state index in [-0.39, 0.29) is 0 Å². The zero-order valence-corrected chi connectivity index (χ0v) is 31.9. The Morgan fingerprint density at radius 3 is 1.63 bits per heavy atom. The lowest BCUT2D eigenvalue weighted by Gasteiger charge is -2.26. The summed E-state index contributed by atoms with van der Waals surface area (Å²) in [6.07, 6.45) is 0. The molecule has 11 rings (SSSR count). The fourth-order valence-corrected chi connectivity index (χ4v) is 9.64. The van der Waals surface area contributed by atoms with E-state index in [9.17, 15) is 0 Å². The topological polar surface area (TPSA) is 8.17 Å². The monoisotopic (exact) mass is 744 g/mol. The van der Waals surface area contributed by atoms with E-state index in [2.05, 4.69) is 228 Å². The van der Waals surface area contributed by atoms with Gasteiger partial charge in [-0.1, -0.05) is 158 Å². The second-order valence-electron chi connectivity index (χ2n) is 14.5. The molecule has 2 nitrogen and oxygen atoms in total. The van der Waals surface area contributed by atoms with Crippen LogP contribution in [0.2, 0.25) is 0 Å². The van der Waals surface area contributed by atoms with Gasteiger partial charge in [-0.3, -0.25) is 0 Å². The summed E-state index contributed by atoms with van der Waals surface area (Å²) in [6, 6.07) is 79.3. The number of aromatic nitrogens is 1. The van der Waals surface area contributed by atoms with E-state index >= 15 is 0 Å². The molecule has 0 aliphatic carbocycles. The van der Waals surface area contributed by atoms with Crippen molar-refractivity contribution in [1.29, 1.82) is 0 Å². The Morgan fingerprint density at radius 1 is 0.333 bits per heavy atom. The van der Waals surface area contributed by atoms with Crippen molar-refractivity contribution in [2.75, 3.05) is 4.90 Å². The molecule has 2 aromatic heterocycles. The number of fused-ring (bicyclic) bond motifs is 6. The number of hydrogen-bond donors (Lipinski definition) is 0. The van der Waals surface area contributed by atoms with Gasteiger partial charge >= 0.3 is 0 Å². The SMILES string of the molecule is c1ccc(-c2ccc(N(c3ccc(-c4ccccc4-n4c5ccccc5c5cccc(-c6ccccc6)c54)cc3)c3ccc4sc5ccccc5c4c3)cc2)cc1. The zero-order valence-electron chi connectivity index (χ0n) is 31.1. The van der Waals surface area contributed by atoms with Crippen molar-refractivity contribution in [3.8, 4) is 39.1 Å². The summed E-state index contributed by atoms with van der Waals surface area (Å²) in [6.45, 7) is 0. The number of hydrogen-bond acceptors (Lipinski definition) is 2. The van der Waals surface area contributed by atoms with Gasteiger partial charge in [-0.2, -0.15) is 0 Å². The Morgan fingerprint density at radius 2 is 0.860 bits per heavy atom. The number of nitrogens with zero attached hydrogens (tertiary/aromatic N) is 2. The van der Waals surface area contributed by atoms with Crippen LogP contribution in [0.5, 0.6) is 0 Å². The molecule has 0 bridgehead atoms. The van der Waals surface area contributed by atoms with E-state index in [1.165, 1.54) is 69.8 Å². The van der Waals surface area contributed by atoms with Crippen molar-refractivity contribution in [2.24, 2.45) is 0 Å². The van der Waals surface area contributed by atoms with E-state index in [0.29, 0.717) is 0 Å². The number of thiophene rings is 1. The van der Waals surface area contributed by atoms with Gasteiger partial charge in [-0.15, -0.1) is 11.3 Å². The highest BCUT2D eigenvalue weighted by molar-refractivity contribution is 7.25. The van der Waals surface area contributed by atoms with Crippen LogP contribution in [0.3, 0.4) is 0 Å². The van der Waals surface area contributed by atoms with Gasteiger partial charge < -0.3 is 9.47 Å². The third-order valence-electron chi connectivity index (χ3n) is 11.2. The first kappa shape index (κ1) is 33.2. The Hall–Kier alpha value is -7.20. The van der Waals surface area contributed by atoms with Gasteiger partial charge in [0.1, 0.15) is 0 Å². The van der Waals surface area contributed by atoms with Crippen molar-refractivity contribution < 1.29 is 0 Å². The molecule has 0 saturated heterocycles. The lowest BCUT2D eigenvalue weighted by molar-refractivity contribution is 1.18. The summed E-state index contributed by atoms with van der Waals surface area (Å²) in [4.78, 5) is 2.38. The van der Waals surface area contributed by atoms with Crippen LogP contribution >= 0.6 is 11.3 Å². The van der Waals surface area contributed by atoms with Gasteiger partial charge in [0.05, 0.1) is 16.7 Å². The Kier molecular flexibility index (Phi) is 8.04. The fraction of sp³-hybridized carbons (Fsp3) is 0. The average molecular weight is 745 g/mol. The minimum atomic E-state index is 1.10. The molecule has 0 fully saturated rings. The zero-order chi connectivity index (χ0) is 37.7. The molecule has 57 heavy (non-hydrogen) atoms. The van der Waals surface area contributed by atoms with Crippen molar-refractivity contribution >= 4 is 70.4 Å². The van der Waals surface area contributed by atoms with Crippen LogP contribution in [0, 0.1) is 0 Å². The molecule has 0 amide bonds. The first-order valence-electron chi connectivity index (χ1n) is 19.4. The number of anilines is 3. The molecule has 11 aromatic rings. The highest BCUT2D eigenvalue weighted by Crippen LogP contribution is 2.43. The van der Waals surface area contributed by atoms with Gasteiger partial charge in [-0.25, -0.2) is 0 Å². The van der Waals surface area contributed by atoms with E-state index in [1.54, 1.807) is 0 Å². The van der Waals surface area contributed by atoms with Crippen LogP contribution in [0.15, 0.2) is 218 Å². The second-order valence-corrected chi connectivity index (χ2v) is 15.6. The highest BCUT2D eigenvalue weighted by Gasteiger charge is 2.20. The summed E-state index contributed by atoms with van der Waals surface area (Å²) in [7, 11) is 0. The summed E-state index contributed by atoms with van der Waals surface area (Å²) in [5.41, 5.74) is 14.1. The van der Waals surface area contributed by atoms with Gasteiger partial charge in [0, 0.05) is 59.1 Å². The summed E-state index contributed by atoms with van der Waals surface area (Å²) < 4.78 is 5.08. The molecule has 0 radical (unpaired) electrons. The molecule has 0 atom stereocenters. The predicted octanol–water partition coefficient (Wildman–Crippen LogP) is 15.6. The largest absolute Gasteiger partial charge is 0.310 e. The minimum Gasteiger partial charge on any atom is -0.310 e. The Labute approximate surface area is 335 Å². The minimum absolute atomic E-state index is 1.10.